The van der Waals surface area contributed by atoms with Gasteiger partial charge in [0.1, 0.15) is 5.82 Å². The summed E-state index contributed by atoms with van der Waals surface area (Å²) in [5.41, 5.74) is 0.348. The van der Waals surface area contributed by atoms with Gasteiger partial charge in [-0.05, 0) is 45.7 Å². The molecule has 1 heterocycles. The maximum Gasteiger partial charge on any atom is 0.258 e. The Hall–Kier alpha value is -1.17. The highest BCUT2D eigenvalue weighted by Crippen LogP contribution is 2.26. The van der Waals surface area contributed by atoms with E-state index in [1.165, 1.54) is 12.3 Å². The molecule has 0 atom stereocenters. The second-order valence-electron chi connectivity index (χ2n) is 3.27. The van der Waals surface area contributed by atoms with Crippen molar-refractivity contribution in [2.75, 3.05) is 5.32 Å². The van der Waals surface area contributed by atoms with Crippen molar-refractivity contribution in [2.24, 2.45) is 0 Å². The summed E-state index contributed by atoms with van der Waals surface area (Å²) in [6.07, 6.45) is 1.45. The monoisotopic (exact) mass is 345 g/mol. The van der Waals surface area contributed by atoms with E-state index in [0.29, 0.717) is 20.9 Å². The molecule has 1 aromatic heterocycles. The van der Waals surface area contributed by atoms with Gasteiger partial charge in [-0.3, -0.25) is 4.79 Å². The van der Waals surface area contributed by atoms with Crippen molar-refractivity contribution in [1.82, 2.24) is 9.97 Å². The van der Waals surface area contributed by atoms with Crippen molar-refractivity contribution >= 4 is 50.9 Å². The molecule has 92 valence electrons. The van der Waals surface area contributed by atoms with Gasteiger partial charge in [-0.15, -0.1) is 0 Å². The fraction of sp³-hybridized carbons (Fsp3) is 0. The molecule has 0 saturated carbocycles. The first-order valence-corrected chi connectivity index (χ1v) is 6.37. The number of nitrogens with one attached hydrogen (secondary N) is 1. The number of aromatic nitrogens is 2. The standard InChI is InChI=1S/C11H6BrCl2N3O/c12-7-3-1-2-6(9(7)13)10(18)16-8-4-5-15-11(14)17-8/h1-5H,(H,15,16,17,18). The summed E-state index contributed by atoms with van der Waals surface area (Å²) >= 11 is 14.9. The number of anilines is 1. The molecule has 1 aromatic carbocycles. The molecule has 7 heteroatoms. The van der Waals surface area contributed by atoms with Gasteiger partial charge in [-0.25, -0.2) is 9.97 Å². The molecular weight excluding hydrogens is 341 g/mol. The lowest BCUT2D eigenvalue weighted by molar-refractivity contribution is 0.102. The van der Waals surface area contributed by atoms with Gasteiger partial charge in [-0.2, -0.15) is 0 Å². The zero-order chi connectivity index (χ0) is 13.1. The van der Waals surface area contributed by atoms with E-state index in [-0.39, 0.29) is 11.2 Å². The average molecular weight is 347 g/mol. The van der Waals surface area contributed by atoms with Crippen LogP contribution in [0.1, 0.15) is 10.4 Å². The van der Waals surface area contributed by atoms with Crippen LogP contribution in [0.4, 0.5) is 5.82 Å². The first-order chi connectivity index (χ1) is 8.58. The van der Waals surface area contributed by atoms with Crippen LogP contribution in [0.2, 0.25) is 10.3 Å². The second-order valence-corrected chi connectivity index (χ2v) is 4.84. The third kappa shape index (κ3) is 2.98. The molecule has 1 amide bonds. The first kappa shape index (κ1) is 13.3. The van der Waals surface area contributed by atoms with Crippen molar-refractivity contribution in [3.63, 3.8) is 0 Å². The quantitative estimate of drug-likeness (QED) is 0.841. The summed E-state index contributed by atoms with van der Waals surface area (Å²) in [5.74, 6) is -0.0490. The minimum absolute atomic E-state index is 0.0631. The lowest BCUT2D eigenvalue weighted by atomic mass is 10.2. The van der Waals surface area contributed by atoms with Crippen molar-refractivity contribution in [3.8, 4) is 0 Å². The Bertz CT molecular complexity index is 607. The number of hydrogen-bond acceptors (Lipinski definition) is 3. The van der Waals surface area contributed by atoms with E-state index in [4.69, 9.17) is 23.2 Å². The topological polar surface area (TPSA) is 54.9 Å². The Morgan fingerprint density at radius 2 is 2.06 bits per heavy atom. The van der Waals surface area contributed by atoms with E-state index in [1.807, 2.05) is 0 Å². The van der Waals surface area contributed by atoms with Crippen LogP contribution >= 0.6 is 39.1 Å². The predicted molar refractivity (Wildman–Crippen MR) is 74.1 cm³/mol. The van der Waals surface area contributed by atoms with E-state index in [1.54, 1.807) is 18.2 Å². The Morgan fingerprint density at radius 1 is 1.28 bits per heavy atom. The van der Waals surface area contributed by atoms with Gasteiger partial charge in [0.15, 0.2) is 0 Å². The van der Waals surface area contributed by atoms with Crippen molar-refractivity contribution in [3.05, 3.63) is 50.8 Å². The van der Waals surface area contributed by atoms with Gasteiger partial charge in [0, 0.05) is 10.7 Å². The number of benzene rings is 1. The summed E-state index contributed by atoms with van der Waals surface area (Å²) in [6.45, 7) is 0. The third-order valence-corrected chi connectivity index (χ3v) is 3.54. The number of nitrogens with zero attached hydrogens (tertiary/aromatic N) is 2. The highest BCUT2D eigenvalue weighted by atomic mass is 79.9. The van der Waals surface area contributed by atoms with Crippen molar-refractivity contribution in [2.45, 2.75) is 0 Å². The van der Waals surface area contributed by atoms with Crippen LogP contribution in [0.25, 0.3) is 0 Å². The largest absolute Gasteiger partial charge is 0.306 e. The summed E-state index contributed by atoms with van der Waals surface area (Å²) in [4.78, 5) is 19.6. The normalized spacial score (nSPS) is 10.2. The van der Waals surface area contributed by atoms with Gasteiger partial charge < -0.3 is 5.32 Å². The Morgan fingerprint density at radius 3 is 2.78 bits per heavy atom. The number of carbonyl (C=O) groups excluding carboxylic acids is 1. The lowest BCUT2D eigenvalue weighted by Gasteiger charge is -2.06. The number of amides is 1. The summed E-state index contributed by atoms with van der Waals surface area (Å²) < 4.78 is 0.650. The fourth-order valence-electron chi connectivity index (χ4n) is 1.27. The maximum atomic E-state index is 12.0. The fourth-order valence-corrected chi connectivity index (χ4v) is 1.99. The first-order valence-electron chi connectivity index (χ1n) is 4.82. The third-order valence-electron chi connectivity index (χ3n) is 2.06. The van der Waals surface area contributed by atoms with Crippen LogP contribution in [0.15, 0.2) is 34.9 Å². The molecule has 0 aliphatic rings. The van der Waals surface area contributed by atoms with E-state index >= 15 is 0 Å². The molecule has 2 rings (SSSR count). The number of halogens is 3. The highest BCUT2D eigenvalue weighted by Gasteiger charge is 2.13. The maximum absolute atomic E-state index is 12.0. The Labute approximate surface area is 121 Å². The van der Waals surface area contributed by atoms with Crippen molar-refractivity contribution in [1.29, 1.82) is 0 Å². The molecular formula is C11H6BrCl2N3O. The van der Waals surface area contributed by atoms with Crippen LogP contribution in [0.3, 0.4) is 0 Å². The zero-order valence-electron chi connectivity index (χ0n) is 8.82. The van der Waals surface area contributed by atoms with E-state index in [2.05, 4.69) is 31.2 Å². The summed E-state index contributed by atoms with van der Waals surface area (Å²) in [6, 6.07) is 6.62. The Kier molecular flexibility index (Phi) is 4.16. The summed E-state index contributed by atoms with van der Waals surface area (Å²) in [7, 11) is 0. The molecule has 2 aromatic rings. The van der Waals surface area contributed by atoms with Gasteiger partial charge in [0.05, 0.1) is 10.6 Å². The number of carbonyl (C=O) groups is 1. The number of hydrogen-bond donors (Lipinski definition) is 1. The van der Waals surface area contributed by atoms with Gasteiger partial charge >= 0.3 is 0 Å². The molecule has 0 radical (unpaired) electrons. The molecule has 0 fully saturated rings. The molecule has 0 aliphatic heterocycles. The molecule has 4 nitrogen and oxygen atoms in total. The van der Waals surface area contributed by atoms with E-state index in [0.717, 1.165) is 0 Å². The predicted octanol–water partition coefficient (Wildman–Crippen LogP) is 3.80. The van der Waals surface area contributed by atoms with Gasteiger partial charge in [-0.1, -0.05) is 17.7 Å². The molecule has 0 aliphatic carbocycles. The van der Waals surface area contributed by atoms with Gasteiger partial charge in [0.25, 0.3) is 5.91 Å². The molecule has 0 bridgehead atoms. The van der Waals surface area contributed by atoms with Crippen LogP contribution in [-0.2, 0) is 0 Å². The zero-order valence-corrected chi connectivity index (χ0v) is 11.9. The molecule has 18 heavy (non-hydrogen) atoms. The van der Waals surface area contributed by atoms with Crippen LogP contribution in [0, 0.1) is 0 Å². The minimum atomic E-state index is -0.365. The smallest absolute Gasteiger partial charge is 0.258 e. The molecule has 0 unspecified atom stereocenters. The molecule has 0 saturated heterocycles. The van der Waals surface area contributed by atoms with Crippen LogP contribution < -0.4 is 5.32 Å². The average Bonchev–Trinajstić information content (AvgIpc) is 2.32. The summed E-state index contributed by atoms with van der Waals surface area (Å²) in [5, 5.41) is 2.99. The van der Waals surface area contributed by atoms with E-state index in [9.17, 15) is 4.79 Å². The second kappa shape index (κ2) is 5.65. The minimum Gasteiger partial charge on any atom is -0.306 e. The SMILES string of the molecule is O=C(Nc1ccnc(Cl)n1)c1cccc(Br)c1Cl. The Balaban J connectivity index is 2.25. The number of rotatable bonds is 2. The molecule has 0 spiro atoms. The van der Waals surface area contributed by atoms with E-state index < -0.39 is 0 Å². The highest BCUT2D eigenvalue weighted by molar-refractivity contribution is 9.10. The van der Waals surface area contributed by atoms with Crippen LogP contribution in [0.5, 0.6) is 0 Å². The lowest BCUT2D eigenvalue weighted by Crippen LogP contribution is -2.13. The van der Waals surface area contributed by atoms with Crippen molar-refractivity contribution < 1.29 is 4.79 Å². The van der Waals surface area contributed by atoms with Gasteiger partial charge in [0.2, 0.25) is 5.28 Å². The molecule has 1 N–H and O–H groups in total. The van der Waals surface area contributed by atoms with Crippen LogP contribution in [-0.4, -0.2) is 15.9 Å².